The van der Waals surface area contributed by atoms with Crippen LogP contribution in [0.5, 0.6) is 0 Å². The molecular weight excluding hydrogens is 112 g/mol. The van der Waals surface area contributed by atoms with Crippen LogP contribution in [0.2, 0.25) is 5.04 Å². The smallest absolute Gasteiger partial charge is 0.0110 e. The summed E-state index contributed by atoms with van der Waals surface area (Å²) in [5.41, 5.74) is 0. The highest BCUT2D eigenvalue weighted by Gasteiger charge is 2.35. The highest BCUT2D eigenvalue weighted by Crippen LogP contribution is 2.50. The van der Waals surface area contributed by atoms with Gasteiger partial charge in [0.15, 0.2) is 0 Å². The normalized spacial score (nSPS) is 45.9. The van der Waals surface area contributed by atoms with Gasteiger partial charge in [0.1, 0.15) is 0 Å². The maximum absolute atomic E-state index is 3.80. The molecule has 0 nitrogen and oxygen atoms in total. The van der Waals surface area contributed by atoms with Crippen molar-refractivity contribution in [1.29, 1.82) is 0 Å². The lowest BCUT2D eigenvalue weighted by Gasteiger charge is -2.42. The lowest BCUT2D eigenvalue weighted by Crippen LogP contribution is -2.29. The Labute approximate surface area is 54.4 Å². The topological polar surface area (TPSA) is 0 Å². The molecule has 2 atom stereocenters. The van der Waals surface area contributed by atoms with Crippen molar-refractivity contribution in [3.8, 4) is 0 Å². The molecule has 1 rings (SSSR count). The molecule has 0 aromatic heterocycles. The molecule has 1 aliphatic carbocycles. The van der Waals surface area contributed by atoms with Crippen molar-refractivity contribution in [3.63, 3.8) is 0 Å². The van der Waals surface area contributed by atoms with Gasteiger partial charge in [0.25, 0.3) is 0 Å². The second kappa shape index (κ2) is 1.73. The van der Waals surface area contributed by atoms with Gasteiger partial charge in [-0.25, -0.2) is 0 Å². The van der Waals surface area contributed by atoms with E-state index in [4.69, 9.17) is 0 Å². The van der Waals surface area contributed by atoms with Gasteiger partial charge in [-0.1, -0.05) is 19.4 Å². The average Bonchev–Trinajstić information content (AvgIpc) is 1.66. The van der Waals surface area contributed by atoms with E-state index >= 15 is 0 Å². The van der Waals surface area contributed by atoms with Crippen molar-refractivity contribution in [3.05, 3.63) is 12.7 Å². The summed E-state index contributed by atoms with van der Waals surface area (Å²) >= 11 is 0. The van der Waals surface area contributed by atoms with Crippen molar-refractivity contribution >= 4 is 10.2 Å². The summed E-state index contributed by atoms with van der Waals surface area (Å²) in [6.07, 6.45) is 4.95. The molecular formula is C7H14Si. The van der Waals surface area contributed by atoms with Crippen LogP contribution in [0.25, 0.3) is 0 Å². The maximum atomic E-state index is 3.80. The largest absolute Gasteiger partial charge is 0.103 e. The summed E-state index contributed by atoms with van der Waals surface area (Å²) in [5.74, 6) is 0.856. The molecule has 0 spiro atoms. The summed E-state index contributed by atoms with van der Waals surface area (Å²) in [7, 11) is 1.34. The number of allylic oxidation sites excluding steroid dienone is 1. The first kappa shape index (κ1) is 6.08. The molecule has 0 N–H and O–H groups in total. The van der Waals surface area contributed by atoms with Crippen LogP contribution in [-0.2, 0) is 0 Å². The van der Waals surface area contributed by atoms with Gasteiger partial charge in [0.05, 0.1) is 0 Å². The minimum atomic E-state index is 0.710. The Morgan fingerprint density at radius 1 is 1.88 bits per heavy atom. The number of rotatable bonds is 1. The molecule has 0 bridgehead atoms. The van der Waals surface area contributed by atoms with E-state index < -0.39 is 0 Å². The SMILES string of the molecule is C=CC1CCC1(C)[SiH3]. The van der Waals surface area contributed by atoms with Crippen molar-refractivity contribution < 1.29 is 0 Å². The molecule has 1 fully saturated rings. The van der Waals surface area contributed by atoms with Gasteiger partial charge in [0.2, 0.25) is 0 Å². The third-order valence-corrected chi connectivity index (χ3v) is 3.63. The van der Waals surface area contributed by atoms with Gasteiger partial charge in [-0.3, -0.25) is 0 Å². The van der Waals surface area contributed by atoms with E-state index in [0.717, 1.165) is 5.92 Å². The minimum Gasteiger partial charge on any atom is -0.103 e. The van der Waals surface area contributed by atoms with Crippen molar-refractivity contribution in [2.45, 2.75) is 24.8 Å². The van der Waals surface area contributed by atoms with Gasteiger partial charge < -0.3 is 0 Å². The van der Waals surface area contributed by atoms with Crippen molar-refractivity contribution in [2.24, 2.45) is 5.92 Å². The fourth-order valence-corrected chi connectivity index (χ4v) is 2.14. The van der Waals surface area contributed by atoms with Crippen LogP contribution in [0.15, 0.2) is 12.7 Å². The Bertz CT molecular complexity index is 105. The summed E-state index contributed by atoms with van der Waals surface area (Å²) in [4.78, 5) is 0. The lowest BCUT2D eigenvalue weighted by atomic mass is 9.74. The van der Waals surface area contributed by atoms with Gasteiger partial charge >= 0.3 is 0 Å². The molecule has 2 unspecified atom stereocenters. The van der Waals surface area contributed by atoms with E-state index in [9.17, 15) is 0 Å². The molecule has 0 heterocycles. The van der Waals surface area contributed by atoms with E-state index in [2.05, 4.69) is 19.6 Å². The average molecular weight is 126 g/mol. The van der Waals surface area contributed by atoms with Gasteiger partial charge in [-0.15, -0.1) is 6.58 Å². The van der Waals surface area contributed by atoms with Crippen molar-refractivity contribution in [2.75, 3.05) is 0 Å². The van der Waals surface area contributed by atoms with Crippen LogP contribution in [0.3, 0.4) is 0 Å². The van der Waals surface area contributed by atoms with Crippen LogP contribution in [0, 0.1) is 5.92 Å². The number of hydrogen-bond acceptors (Lipinski definition) is 0. The summed E-state index contributed by atoms with van der Waals surface area (Å²) in [6.45, 7) is 6.17. The van der Waals surface area contributed by atoms with Crippen LogP contribution in [0.4, 0.5) is 0 Å². The van der Waals surface area contributed by atoms with Crippen LogP contribution in [0.1, 0.15) is 19.8 Å². The molecule has 0 amide bonds. The molecule has 46 valence electrons. The zero-order valence-corrected chi connectivity index (χ0v) is 7.78. The third kappa shape index (κ3) is 0.751. The van der Waals surface area contributed by atoms with Gasteiger partial charge in [-0.05, 0) is 17.4 Å². The standard InChI is InChI=1S/C7H14Si/c1-3-6-4-5-7(6,2)8/h3,6H,1,4-5H2,2,8H3. The van der Waals surface area contributed by atoms with E-state index in [1.807, 2.05) is 0 Å². The first-order valence-corrected chi connectivity index (χ1v) is 4.29. The van der Waals surface area contributed by atoms with Gasteiger partial charge in [0, 0.05) is 10.2 Å². The highest BCUT2D eigenvalue weighted by molar-refractivity contribution is 6.15. The molecule has 1 saturated carbocycles. The lowest BCUT2D eigenvalue weighted by molar-refractivity contribution is 0.274. The van der Waals surface area contributed by atoms with Crippen LogP contribution >= 0.6 is 0 Å². The summed E-state index contributed by atoms with van der Waals surface area (Å²) < 4.78 is 0. The Balaban J connectivity index is 2.49. The summed E-state index contributed by atoms with van der Waals surface area (Å²) in [6, 6.07) is 0. The highest BCUT2D eigenvalue weighted by atomic mass is 28.1. The summed E-state index contributed by atoms with van der Waals surface area (Å²) in [5, 5.41) is 0.710. The van der Waals surface area contributed by atoms with E-state index in [1.165, 1.54) is 23.1 Å². The van der Waals surface area contributed by atoms with Crippen molar-refractivity contribution in [1.82, 2.24) is 0 Å². The van der Waals surface area contributed by atoms with Gasteiger partial charge in [-0.2, -0.15) is 0 Å². The van der Waals surface area contributed by atoms with E-state index in [0.29, 0.717) is 5.04 Å². The molecule has 0 aromatic rings. The van der Waals surface area contributed by atoms with Crippen LogP contribution < -0.4 is 0 Å². The Hall–Kier alpha value is -0.0431. The molecule has 8 heavy (non-hydrogen) atoms. The fraction of sp³-hybridized carbons (Fsp3) is 0.714. The second-order valence-electron chi connectivity index (χ2n) is 3.37. The van der Waals surface area contributed by atoms with Crippen LogP contribution in [-0.4, -0.2) is 10.2 Å². The molecule has 0 aromatic carbocycles. The molecule has 0 radical (unpaired) electrons. The zero-order chi connectivity index (χ0) is 6.20. The minimum absolute atomic E-state index is 0.710. The maximum Gasteiger partial charge on any atom is 0.0110 e. The predicted octanol–water partition coefficient (Wildman–Crippen LogP) is 1.13. The zero-order valence-electron chi connectivity index (χ0n) is 5.78. The Kier molecular flexibility index (Phi) is 1.31. The number of hydrogen-bond donors (Lipinski definition) is 0. The monoisotopic (exact) mass is 126 g/mol. The fourth-order valence-electron chi connectivity index (χ4n) is 1.33. The second-order valence-corrected chi connectivity index (χ2v) is 5.65. The first-order valence-electron chi connectivity index (χ1n) is 3.29. The first-order chi connectivity index (χ1) is 3.67. The van der Waals surface area contributed by atoms with E-state index in [1.54, 1.807) is 0 Å². The quantitative estimate of drug-likeness (QED) is 0.365. The molecule has 1 heteroatoms. The third-order valence-electron chi connectivity index (χ3n) is 2.39. The Morgan fingerprint density at radius 3 is 2.50 bits per heavy atom. The predicted molar refractivity (Wildman–Crippen MR) is 41.2 cm³/mol. The van der Waals surface area contributed by atoms with E-state index in [-0.39, 0.29) is 0 Å². The molecule has 1 aliphatic rings. The Morgan fingerprint density at radius 2 is 2.50 bits per heavy atom. The molecule has 0 saturated heterocycles. The molecule has 0 aliphatic heterocycles.